The summed E-state index contributed by atoms with van der Waals surface area (Å²) in [5, 5.41) is 8.82. The molecule has 1 aliphatic rings. The fourth-order valence-electron chi connectivity index (χ4n) is 1.69. The van der Waals surface area contributed by atoms with Gasteiger partial charge in [0, 0.05) is 5.75 Å². The van der Waals surface area contributed by atoms with E-state index in [1.165, 1.54) is 11.8 Å². The van der Waals surface area contributed by atoms with Crippen molar-refractivity contribution in [2.45, 2.75) is 6.04 Å². The van der Waals surface area contributed by atoms with Crippen molar-refractivity contribution in [3.8, 4) is 0 Å². The number of carbonyl (C=O) groups excluding carboxylic acids is 1. The maximum absolute atomic E-state index is 13.4. The van der Waals surface area contributed by atoms with E-state index in [1.54, 1.807) is 0 Å². The number of rotatable bonds is 2. The molecule has 0 spiro atoms. The number of thioether (sulfide) groups is 1. The summed E-state index contributed by atoms with van der Waals surface area (Å²) in [6.07, 6.45) is 0. The number of hydrogen-bond acceptors (Lipinski definition) is 3. The summed E-state index contributed by atoms with van der Waals surface area (Å²) in [7, 11) is 0. The number of benzene rings is 1. The number of nitrogens with zero attached hydrogens (tertiary/aromatic N) is 1. The molecule has 8 heteroatoms. The van der Waals surface area contributed by atoms with Gasteiger partial charge in [-0.05, 0) is 12.1 Å². The van der Waals surface area contributed by atoms with Gasteiger partial charge in [0.15, 0.2) is 0 Å². The lowest BCUT2D eigenvalue weighted by molar-refractivity contribution is -0.140. The number of carboxylic acid groups (broad SMARTS) is 1. The maximum atomic E-state index is 13.4. The highest BCUT2D eigenvalue weighted by Crippen LogP contribution is 2.29. The van der Waals surface area contributed by atoms with Gasteiger partial charge in [-0.3, -0.25) is 4.79 Å². The molecule has 19 heavy (non-hydrogen) atoms. The highest BCUT2D eigenvalue weighted by Gasteiger charge is 2.35. The fourth-order valence-corrected chi connectivity index (χ4v) is 3.30. The Kier molecular flexibility index (Phi) is 4.23. The Morgan fingerprint density at radius 3 is 2.68 bits per heavy atom. The summed E-state index contributed by atoms with van der Waals surface area (Å²) in [6.45, 7) is 0. The van der Waals surface area contributed by atoms with Crippen LogP contribution in [0.25, 0.3) is 0 Å². The van der Waals surface area contributed by atoms with Crippen LogP contribution < -0.4 is 0 Å². The Bertz CT molecular complexity index is 555. The normalized spacial score (nSPS) is 18.7. The van der Waals surface area contributed by atoms with E-state index in [0.29, 0.717) is 5.75 Å². The van der Waals surface area contributed by atoms with Crippen LogP contribution in [0, 0.1) is 5.82 Å². The lowest BCUT2D eigenvalue weighted by atomic mass is 10.1. The van der Waals surface area contributed by atoms with E-state index in [4.69, 9.17) is 28.3 Å². The molecule has 102 valence electrons. The van der Waals surface area contributed by atoms with Gasteiger partial charge >= 0.3 is 5.97 Å². The van der Waals surface area contributed by atoms with E-state index >= 15 is 0 Å². The predicted molar refractivity (Wildman–Crippen MR) is 71.3 cm³/mol. The lowest BCUT2D eigenvalue weighted by Gasteiger charge is -2.21. The Hall–Kier alpha value is -0.980. The summed E-state index contributed by atoms with van der Waals surface area (Å²) >= 11 is 12.7. The van der Waals surface area contributed by atoms with Gasteiger partial charge in [-0.15, -0.1) is 11.8 Å². The molecule has 2 rings (SSSR count). The molecular weight excluding hydrogens is 316 g/mol. The molecule has 1 fully saturated rings. The standard InChI is InChI=1S/C11H8Cl2FNO3S/c12-6-2-7(13)8(14)1-5(6)10(16)15-4-19-3-9(15)11(17)18/h1-2,9H,3-4H2,(H,17,18). The van der Waals surface area contributed by atoms with Crippen LogP contribution in [0.15, 0.2) is 12.1 Å². The van der Waals surface area contributed by atoms with Gasteiger partial charge in [0.05, 0.1) is 21.5 Å². The van der Waals surface area contributed by atoms with Crippen molar-refractivity contribution in [1.82, 2.24) is 4.90 Å². The first-order valence-electron chi connectivity index (χ1n) is 5.18. The highest BCUT2D eigenvalue weighted by molar-refractivity contribution is 7.99. The lowest BCUT2D eigenvalue weighted by Crippen LogP contribution is -2.41. The quantitative estimate of drug-likeness (QED) is 0.850. The molecule has 1 atom stereocenters. The Labute approximate surface area is 122 Å². The third-order valence-electron chi connectivity index (χ3n) is 2.67. The molecule has 1 amide bonds. The van der Waals surface area contributed by atoms with Gasteiger partial charge in [0.1, 0.15) is 11.9 Å². The molecule has 0 aromatic heterocycles. The topological polar surface area (TPSA) is 57.6 Å². The van der Waals surface area contributed by atoms with E-state index < -0.39 is 23.7 Å². The molecule has 0 aliphatic carbocycles. The summed E-state index contributed by atoms with van der Waals surface area (Å²) in [5.74, 6) is -1.94. The van der Waals surface area contributed by atoms with Crippen LogP contribution in [-0.2, 0) is 4.79 Å². The van der Waals surface area contributed by atoms with E-state index in [0.717, 1.165) is 17.0 Å². The first kappa shape index (κ1) is 14.4. The van der Waals surface area contributed by atoms with E-state index in [1.807, 2.05) is 0 Å². The average molecular weight is 324 g/mol. The molecule has 4 nitrogen and oxygen atoms in total. The van der Waals surface area contributed by atoms with E-state index in [9.17, 15) is 14.0 Å². The number of aliphatic carboxylic acids is 1. The number of carboxylic acids is 1. The van der Waals surface area contributed by atoms with Crippen molar-refractivity contribution >= 4 is 46.8 Å². The number of amides is 1. The predicted octanol–water partition coefficient (Wildman–Crippen LogP) is 2.73. The van der Waals surface area contributed by atoms with Crippen molar-refractivity contribution < 1.29 is 19.1 Å². The van der Waals surface area contributed by atoms with E-state index in [-0.39, 0.29) is 21.5 Å². The molecular formula is C11H8Cl2FNO3S. The Morgan fingerprint density at radius 2 is 2.05 bits per heavy atom. The second kappa shape index (κ2) is 5.56. The minimum atomic E-state index is -1.09. The summed E-state index contributed by atoms with van der Waals surface area (Å²) in [4.78, 5) is 24.4. The molecule has 0 radical (unpaired) electrons. The smallest absolute Gasteiger partial charge is 0.327 e. The molecule has 1 saturated heterocycles. The zero-order valence-corrected chi connectivity index (χ0v) is 11.7. The molecule has 1 unspecified atom stereocenters. The molecule has 1 heterocycles. The third-order valence-corrected chi connectivity index (χ3v) is 4.28. The number of hydrogen-bond donors (Lipinski definition) is 1. The molecule has 1 aliphatic heterocycles. The van der Waals surface area contributed by atoms with Gasteiger partial charge in [0.2, 0.25) is 0 Å². The second-order valence-corrected chi connectivity index (χ2v) is 5.69. The largest absolute Gasteiger partial charge is 0.480 e. The second-order valence-electron chi connectivity index (χ2n) is 3.88. The number of carbonyl (C=O) groups is 2. The SMILES string of the molecule is O=C(O)C1CSCN1C(=O)c1cc(F)c(Cl)cc1Cl. The van der Waals surface area contributed by atoms with E-state index in [2.05, 4.69) is 0 Å². The van der Waals surface area contributed by atoms with Crippen LogP contribution in [0.4, 0.5) is 4.39 Å². The van der Waals surface area contributed by atoms with Crippen LogP contribution >= 0.6 is 35.0 Å². The number of halogens is 3. The van der Waals surface area contributed by atoms with Gasteiger partial charge in [0.25, 0.3) is 5.91 Å². The van der Waals surface area contributed by atoms with Gasteiger partial charge in [-0.1, -0.05) is 23.2 Å². The Balaban J connectivity index is 2.34. The van der Waals surface area contributed by atoms with Crippen molar-refractivity contribution in [2.24, 2.45) is 0 Å². The first-order chi connectivity index (χ1) is 8.91. The first-order valence-corrected chi connectivity index (χ1v) is 7.09. The molecule has 1 N–H and O–H groups in total. The van der Waals surface area contributed by atoms with Crippen molar-refractivity contribution in [3.05, 3.63) is 33.6 Å². The zero-order valence-electron chi connectivity index (χ0n) is 9.40. The zero-order chi connectivity index (χ0) is 14.2. The van der Waals surface area contributed by atoms with Gasteiger partial charge < -0.3 is 10.0 Å². The van der Waals surface area contributed by atoms with Crippen LogP contribution in [0.1, 0.15) is 10.4 Å². The molecule has 0 saturated carbocycles. The van der Waals surface area contributed by atoms with Crippen LogP contribution in [0.5, 0.6) is 0 Å². The summed E-state index contributed by atoms with van der Waals surface area (Å²) < 4.78 is 13.4. The Morgan fingerprint density at radius 1 is 1.37 bits per heavy atom. The molecule has 1 aromatic rings. The summed E-state index contributed by atoms with van der Waals surface area (Å²) in [6, 6.07) is 1.13. The van der Waals surface area contributed by atoms with Crippen molar-refractivity contribution in [3.63, 3.8) is 0 Å². The van der Waals surface area contributed by atoms with Crippen LogP contribution in [-0.4, -0.2) is 39.6 Å². The minimum Gasteiger partial charge on any atom is -0.480 e. The van der Waals surface area contributed by atoms with Crippen molar-refractivity contribution in [2.75, 3.05) is 11.6 Å². The van der Waals surface area contributed by atoms with Crippen molar-refractivity contribution in [1.29, 1.82) is 0 Å². The molecule has 1 aromatic carbocycles. The van der Waals surface area contributed by atoms with Gasteiger partial charge in [-0.25, -0.2) is 9.18 Å². The highest BCUT2D eigenvalue weighted by atomic mass is 35.5. The minimum absolute atomic E-state index is 0.00237. The van der Waals surface area contributed by atoms with Crippen LogP contribution in [0.2, 0.25) is 10.0 Å². The monoisotopic (exact) mass is 323 g/mol. The summed E-state index contributed by atoms with van der Waals surface area (Å²) in [5.41, 5.74) is -0.0858. The fraction of sp³-hybridized carbons (Fsp3) is 0.273. The maximum Gasteiger partial charge on any atom is 0.327 e. The van der Waals surface area contributed by atoms with Gasteiger partial charge in [-0.2, -0.15) is 0 Å². The molecule has 0 bridgehead atoms. The van der Waals surface area contributed by atoms with Crippen LogP contribution in [0.3, 0.4) is 0 Å². The average Bonchev–Trinajstić information content (AvgIpc) is 2.82. The third kappa shape index (κ3) is 2.80.